The van der Waals surface area contributed by atoms with Crippen molar-refractivity contribution < 1.29 is 0 Å². The Morgan fingerprint density at radius 1 is 1.05 bits per heavy atom. The number of aromatic nitrogens is 1. The number of rotatable bonds is 3. The number of hydrogen-bond donors (Lipinski definition) is 1. The van der Waals surface area contributed by atoms with Gasteiger partial charge in [0.2, 0.25) is 0 Å². The van der Waals surface area contributed by atoms with Crippen molar-refractivity contribution in [3.8, 4) is 0 Å². The van der Waals surface area contributed by atoms with Crippen LogP contribution in [-0.4, -0.2) is 4.98 Å². The molecule has 0 saturated carbocycles. The van der Waals surface area contributed by atoms with E-state index in [2.05, 4.69) is 55.2 Å². The van der Waals surface area contributed by atoms with Crippen molar-refractivity contribution in [2.24, 2.45) is 5.73 Å². The van der Waals surface area contributed by atoms with E-state index in [0.29, 0.717) is 0 Å². The van der Waals surface area contributed by atoms with Crippen LogP contribution in [0.2, 0.25) is 0 Å². The van der Waals surface area contributed by atoms with E-state index < -0.39 is 0 Å². The predicted molar refractivity (Wildman–Crippen MR) is 86.2 cm³/mol. The van der Waals surface area contributed by atoms with Crippen LogP contribution >= 0.6 is 11.3 Å². The highest BCUT2D eigenvalue weighted by atomic mass is 32.1. The summed E-state index contributed by atoms with van der Waals surface area (Å²) in [6.45, 7) is 4.25. The Hall–Kier alpha value is -1.71. The maximum absolute atomic E-state index is 6.42. The third-order valence-electron chi connectivity index (χ3n) is 3.65. The van der Waals surface area contributed by atoms with E-state index in [4.69, 9.17) is 5.73 Å². The Bertz CT molecular complexity index is 692. The minimum Gasteiger partial charge on any atom is -0.324 e. The largest absolute Gasteiger partial charge is 0.324 e. The summed E-state index contributed by atoms with van der Waals surface area (Å²) in [4.78, 5) is 4.68. The quantitative estimate of drug-likeness (QED) is 0.783. The van der Waals surface area contributed by atoms with Crippen LogP contribution in [-0.2, 0) is 6.42 Å². The van der Waals surface area contributed by atoms with Gasteiger partial charge in [-0.3, -0.25) is 0 Å². The summed E-state index contributed by atoms with van der Waals surface area (Å²) in [5, 5.41) is 1.11. The summed E-state index contributed by atoms with van der Waals surface area (Å²) in [6.07, 6.45) is 0.797. The van der Waals surface area contributed by atoms with E-state index in [9.17, 15) is 0 Å². The summed E-state index contributed by atoms with van der Waals surface area (Å²) in [5.41, 5.74) is 11.3. The van der Waals surface area contributed by atoms with Crippen molar-refractivity contribution in [1.29, 1.82) is 0 Å². The smallest absolute Gasteiger partial charge is 0.0957 e. The molecule has 0 amide bonds. The van der Waals surface area contributed by atoms with E-state index in [1.807, 2.05) is 6.07 Å². The second-order valence-corrected chi connectivity index (χ2v) is 6.31. The molecule has 1 atom stereocenters. The Kier molecular flexibility index (Phi) is 3.55. The van der Waals surface area contributed by atoms with E-state index in [-0.39, 0.29) is 6.04 Å². The molecule has 0 bridgehead atoms. The van der Waals surface area contributed by atoms with Crippen LogP contribution in [0.1, 0.15) is 27.7 Å². The van der Waals surface area contributed by atoms with Crippen LogP contribution in [0.15, 0.2) is 42.5 Å². The van der Waals surface area contributed by atoms with E-state index in [0.717, 1.165) is 16.9 Å². The molecule has 0 spiro atoms. The van der Waals surface area contributed by atoms with Gasteiger partial charge in [-0.2, -0.15) is 0 Å². The Labute approximate surface area is 123 Å². The molecule has 0 aliphatic heterocycles. The number of benzene rings is 2. The number of thiazole rings is 1. The van der Waals surface area contributed by atoms with Crippen LogP contribution in [0, 0.1) is 13.8 Å². The Balaban J connectivity index is 1.90. The highest BCUT2D eigenvalue weighted by Crippen LogP contribution is 2.27. The van der Waals surface area contributed by atoms with Gasteiger partial charge >= 0.3 is 0 Å². The van der Waals surface area contributed by atoms with Gasteiger partial charge in [0.05, 0.1) is 15.2 Å². The number of para-hydroxylation sites is 1. The molecule has 0 aliphatic rings. The first-order valence-corrected chi connectivity index (χ1v) is 7.63. The minimum absolute atomic E-state index is 0.0109. The highest BCUT2D eigenvalue weighted by molar-refractivity contribution is 7.18. The highest BCUT2D eigenvalue weighted by Gasteiger charge is 2.14. The monoisotopic (exact) mass is 282 g/mol. The number of nitrogens with zero attached hydrogens (tertiary/aromatic N) is 1. The SMILES string of the molecule is Cc1cccc(C)c1C(N)Cc1nc2ccccc2s1. The maximum Gasteiger partial charge on any atom is 0.0957 e. The molecule has 1 aromatic heterocycles. The van der Waals surface area contributed by atoms with Gasteiger partial charge in [-0.05, 0) is 42.7 Å². The second-order valence-electron chi connectivity index (χ2n) is 5.19. The molecule has 0 radical (unpaired) electrons. The van der Waals surface area contributed by atoms with Crippen LogP contribution in [0.5, 0.6) is 0 Å². The maximum atomic E-state index is 6.42. The topological polar surface area (TPSA) is 38.9 Å². The van der Waals surface area contributed by atoms with Gasteiger partial charge in [-0.1, -0.05) is 30.3 Å². The van der Waals surface area contributed by atoms with Crippen molar-refractivity contribution in [1.82, 2.24) is 4.98 Å². The fraction of sp³-hybridized carbons (Fsp3) is 0.235. The lowest BCUT2D eigenvalue weighted by molar-refractivity contribution is 0.709. The van der Waals surface area contributed by atoms with Crippen molar-refractivity contribution >= 4 is 21.6 Å². The third kappa shape index (κ3) is 2.47. The molecule has 1 heterocycles. The summed E-state index contributed by atoms with van der Waals surface area (Å²) in [7, 11) is 0. The fourth-order valence-electron chi connectivity index (χ4n) is 2.71. The van der Waals surface area contributed by atoms with Gasteiger partial charge in [0.15, 0.2) is 0 Å². The zero-order chi connectivity index (χ0) is 14.1. The molecular weight excluding hydrogens is 264 g/mol. The fourth-order valence-corrected chi connectivity index (χ4v) is 3.74. The summed E-state index contributed by atoms with van der Waals surface area (Å²) in [5.74, 6) is 0. The predicted octanol–water partition coefficient (Wildman–Crippen LogP) is 4.16. The Morgan fingerprint density at radius 2 is 1.75 bits per heavy atom. The molecule has 3 rings (SSSR count). The van der Waals surface area contributed by atoms with Gasteiger partial charge in [0.1, 0.15) is 0 Å². The lowest BCUT2D eigenvalue weighted by atomic mass is 9.95. The molecule has 0 saturated heterocycles. The zero-order valence-electron chi connectivity index (χ0n) is 11.8. The van der Waals surface area contributed by atoms with Gasteiger partial charge < -0.3 is 5.73 Å². The van der Waals surface area contributed by atoms with Gasteiger partial charge in [-0.15, -0.1) is 11.3 Å². The minimum atomic E-state index is 0.0109. The van der Waals surface area contributed by atoms with Gasteiger partial charge in [-0.25, -0.2) is 4.98 Å². The van der Waals surface area contributed by atoms with E-state index in [1.165, 1.54) is 21.4 Å². The Morgan fingerprint density at radius 3 is 2.45 bits per heavy atom. The van der Waals surface area contributed by atoms with Crippen molar-refractivity contribution in [3.63, 3.8) is 0 Å². The summed E-state index contributed by atoms with van der Waals surface area (Å²) >= 11 is 1.74. The van der Waals surface area contributed by atoms with Gasteiger partial charge in [0.25, 0.3) is 0 Å². The number of hydrogen-bond acceptors (Lipinski definition) is 3. The molecule has 3 heteroatoms. The molecule has 2 N–H and O–H groups in total. The average molecular weight is 282 g/mol. The zero-order valence-corrected chi connectivity index (χ0v) is 12.6. The number of nitrogens with two attached hydrogens (primary N) is 1. The number of aryl methyl sites for hydroxylation is 2. The molecule has 20 heavy (non-hydrogen) atoms. The first-order chi connectivity index (χ1) is 9.65. The average Bonchev–Trinajstić information content (AvgIpc) is 2.80. The lowest BCUT2D eigenvalue weighted by Gasteiger charge is -2.16. The standard InChI is InChI=1S/C17H18N2S/c1-11-6-5-7-12(2)17(11)13(18)10-16-19-14-8-3-4-9-15(14)20-16/h3-9,13H,10,18H2,1-2H3. The molecular formula is C17H18N2S. The van der Waals surface area contributed by atoms with Crippen LogP contribution in [0.4, 0.5) is 0 Å². The molecule has 3 aromatic rings. The van der Waals surface area contributed by atoms with Crippen molar-refractivity contribution in [2.75, 3.05) is 0 Å². The van der Waals surface area contributed by atoms with E-state index in [1.54, 1.807) is 11.3 Å². The molecule has 102 valence electrons. The van der Waals surface area contributed by atoms with Crippen LogP contribution in [0.25, 0.3) is 10.2 Å². The van der Waals surface area contributed by atoms with Crippen LogP contribution < -0.4 is 5.73 Å². The normalized spacial score (nSPS) is 12.8. The van der Waals surface area contributed by atoms with Crippen molar-refractivity contribution in [3.05, 3.63) is 64.2 Å². The van der Waals surface area contributed by atoms with Gasteiger partial charge in [0, 0.05) is 12.5 Å². The summed E-state index contributed by atoms with van der Waals surface area (Å²) < 4.78 is 1.23. The third-order valence-corrected chi connectivity index (χ3v) is 4.70. The molecule has 1 unspecified atom stereocenters. The number of fused-ring (bicyclic) bond motifs is 1. The first kappa shape index (κ1) is 13.3. The lowest BCUT2D eigenvalue weighted by Crippen LogP contribution is -2.16. The van der Waals surface area contributed by atoms with E-state index >= 15 is 0 Å². The molecule has 0 aliphatic carbocycles. The van der Waals surface area contributed by atoms with Crippen LogP contribution in [0.3, 0.4) is 0 Å². The molecule has 0 fully saturated rings. The summed E-state index contributed by atoms with van der Waals surface area (Å²) in [6, 6.07) is 14.6. The molecule has 2 nitrogen and oxygen atoms in total. The van der Waals surface area contributed by atoms with Crippen molar-refractivity contribution in [2.45, 2.75) is 26.3 Å². The first-order valence-electron chi connectivity index (χ1n) is 6.81. The second kappa shape index (κ2) is 5.35. The molecule has 2 aromatic carbocycles.